The molecule has 0 aromatic rings. The highest BCUT2D eigenvalue weighted by atomic mass is 16.5. The highest BCUT2D eigenvalue weighted by Gasteiger charge is 2.03. The van der Waals surface area contributed by atoms with E-state index in [1.165, 1.54) is 128 Å². The van der Waals surface area contributed by atoms with Gasteiger partial charge in [0, 0.05) is 12.8 Å². The SMILES string of the molecule is CCCCCCCCCCCCCCCCCC(=O)OCCCCCCCCC=CCCCCCCCC(=O)O. The minimum absolute atomic E-state index is 0.000308. The fraction of sp³-hybridized carbons (Fsp3) is 0.889. The number of aliphatic carboxylic acids is 1. The lowest BCUT2D eigenvalue weighted by atomic mass is 10.0. The number of ether oxygens (including phenoxy) is 1. The zero-order valence-corrected chi connectivity index (χ0v) is 26.7. The third-order valence-electron chi connectivity index (χ3n) is 7.94. The average molecular weight is 565 g/mol. The number of carboxylic acid groups (broad SMARTS) is 1. The van der Waals surface area contributed by atoms with E-state index in [9.17, 15) is 9.59 Å². The van der Waals surface area contributed by atoms with Crippen molar-refractivity contribution >= 4 is 11.9 Å². The topological polar surface area (TPSA) is 63.6 Å². The molecule has 0 aliphatic rings. The largest absolute Gasteiger partial charge is 0.481 e. The van der Waals surface area contributed by atoms with Crippen LogP contribution in [0.4, 0.5) is 0 Å². The summed E-state index contributed by atoms with van der Waals surface area (Å²) in [7, 11) is 0. The van der Waals surface area contributed by atoms with Crippen LogP contribution in [0, 0.1) is 0 Å². The van der Waals surface area contributed by atoms with E-state index in [1.807, 2.05) is 0 Å². The van der Waals surface area contributed by atoms with Gasteiger partial charge in [0.05, 0.1) is 6.61 Å². The highest BCUT2D eigenvalue weighted by Crippen LogP contribution is 2.14. The van der Waals surface area contributed by atoms with Gasteiger partial charge in [-0.15, -0.1) is 0 Å². The molecule has 0 aromatic heterocycles. The molecule has 0 radical (unpaired) electrons. The van der Waals surface area contributed by atoms with Gasteiger partial charge >= 0.3 is 11.9 Å². The summed E-state index contributed by atoms with van der Waals surface area (Å²) in [6.07, 6.45) is 40.7. The van der Waals surface area contributed by atoms with Gasteiger partial charge in [-0.2, -0.15) is 0 Å². The molecule has 1 N–H and O–H groups in total. The Morgan fingerprint density at radius 3 is 1.25 bits per heavy atom. The Bertz CT molecular complexity index is 557. The summed E-state index contributed by atoms with van der Waals surface area (Å²) in [4.78, 5) is 22.4. The fourth-order valence-corrected chi connectivity index (χ4v) is 5.27. The Kier molecular flexibility index (Phi) is 32.8. The van der Waals surface area contributed by atoms with Crippen LogP contribution in [0.1, 0.15) is 200 Å². The van der Waals surface area contributed by atoms with Crippen molar-refractivity contribution < 1.29 is 19.4 Å². The number of rotatable bonds is 33. The van der Waals surface area contributed by atoms with Crippen molar-refractivity contribution in [2.45, 2.75) is 200 Å². The molecule has 0 rings (SSSR count). The number of carbonyl (C=O) groups is 2. The van der Waals surface area contributed by atoms with Gasteiger partial charge < -0.3 is 9.84 Å². The second-order valence-corrected chi connectivity index (χ2v) is 12.0. The standard InChI is InChI=1S/C36H68O4/c1-2-3-4-5-6-7-8-9-11-15-18-21-24-27-30-33-36(39)40-34-31-28-25-22-19-16-13-10-12-14-17-20-23-26-29-32-35(37)38/h10,12H,2-9,11,13-34H2,1H3,(H,37,38). The van der Waals surface area contributed by atoms with Gasteiger partial charge in [-0.1, -0.05) is 154 Å². The Balaban J connectivity index is 3.20. The molecule has 236 valence electrons. The molecular weight excluding hydrogens is 496 g/mol. The monoisotopic (exact) mass is 565 g/mol. The van der Waals surface area contributed by atoms with Crippen LogP contribution >= 0.6 is 0 Å². The van der Waals surface area contributed by atoms with Crippen LogP contribution in [0.15, 0.2) is 12.2 Å². The third-order valence-corrected chi connectivity index (χ3v) is 7.94. The summed E-state index contributed by atoms with van der Waals surface area (Å²) in [5.41, 5.74) is 0. The van der Waals surface area contributed by atoms with Crippen molar-refractivity contribution in [2.24, 2.45) is 0 Å². The van der Waals surface area contributed by atoms with Crippen LogP contribution in [-0.2, 0) is 14.3 Å². The molecule has 0 saturated heterocycles. The van der Waals surface area contributed by atoms with E-state index < -0.39 is 5.97 Å². The smallest absolute Gasteiger partial charge is 0.305 e. The summed E-state index contributed by atoms with van der Waals surface area (Å²) < 4.78 is 5.42. The Morgan fingerprint density at radius 1 is 0.475 bits per heavy atom. The lowest BCUT2D eigenvalue weighted by molar-refractivity contribution is -0.144. The first-order valence-electron chi connectivity index (χ1n) is 17.7. The molecular formula is C36H68O4. The van der Waals surface area contributed by atoms with Gasteiger partial charge in [0.25, 0.3) is 0 Å². The Hall–Kier alpha value is -1.32. The maximum atomic E-state index is 11.9. The molecule has 4 nitrogen and oxygen atoms in total. The molecule has 0 aromatic carbocycles. The van der Waals surface area contributed by atoms with Gasteiger partial charge in [0.1, 0.15) is 0 Å². The number of unbranched alkanes of at least 4 members (excludes halogenated alkanes) is 25. The second kappa shape index (κ2) is 33.9. The molecule has 0 bridgehead atoms. The van der Waals surface area contributed by atoms with E-state index in [0.29, 0.717) is 19.4 Å². The Morgan fingerprint density at radius 2 is 0.825 bits per heavy atom. The third kappa shape index (κ3) is 34.7. The van der Waals surface area contributed by atoms with E-state index in [-0.39, 0.29) is 5.97 Å². The molecule has 0 unspecified atom stereocenters. The average Bonchev–Trinajstić information content (AvgIpc) is 2.94. The number of allylic oxidation sites excluding steroid dienone is 2. The first-order chi connectivity index (χ1) is 19.7. The number of esters is 1. The molecule has 0 amide bonds. The van der Waals surface area contributed by atoms with Crippen LogP contribution < -0.4 is 0 Å². The van der Waals surface area contributed by atoms with Crippen LogP contribution in [0.25, 0.3) is 0 Å². The van der Waals surface area contributed by atoms with E-state index in [4.69, 9.17) is 9.84 Å². The molecule has 0 aliphatic carbocycles. The fourth-order valence-electron chi connectivity index (χ4n) is 5.27. The van der Waals surface area contributed by atoms with Crippen molar-refractivity contribution in [3.05, 3.63) is 12.2 Å². The molecule has 0 fully saturated rings. The number of hydrogen-bond acceptors (Lipinski definition) is 3. The van der Waals surface area contributed by atoms with Crippen molar-refractivity contribution in [1.82, 2.24) is 0 Å². The molecule has 4 heteroatoms. The summed E-state index contributed by atoms with van der Waals surface area (Å²) in [5, 5.41) is 8.62. The number of carbonyl (C=O) groups excluding carboxylic acids is 1. The van der Waals surface area contributed by atoms with Gasteiger partial charge in [-0.3, -0.25) is 9.59 Å². The van der Waals surface area contributed by atoms with Gasteiger partial charge in [0.15, 0.2) is 0 Å². The maximum absolute atomic E-state index is 11.9. The summed E-state index contributed by atoms with van der Waals surface area (Å²) in [6, 6.07) is 0. The first-order valence-corrected chi connectivity index (χ1v) is 17.7. The lowest BCUT2D eigenvalue weighted by Gasteiger charge is -2.05. The Labute approximate surface area is 249 Å². The van der Waals surface area contributed by atoms with E-state index in [1.54, 1.807) is 0 Å². The number of carboxylic acids is 1. The molecule has 0 aliphatic heterocycles. The van der Waals surface area contributed by atoms with Crippen LogP contribution in [0.2, 0.25) is 0 Å². The lowest BCUT2D eigenvalue weighted by Crippen LogP contribution is -2.05. The zero-order valence-electron chi connectivity index (χ0n) is 26.7. The van der Waals surface area contributed by atoms with Gasteiger partial charge in [0.2, 0.25) is 0 Å². The maximum Gasteiger partial charge on any atom is 0.305 e. The molecule has 0 heterocycles. The van der Waals surface area contributed by atoms with E-state index >= 15 is 0 Å². The molecule has 0 saturated carbocycles. The van der Waals surface area contributed by atoms with Crippen LogP contribution in [-0.4, -0.2) is 23.7 Å². The van der Waals surface area contributed by atoms with Crippen molar-refractivity contribution in [1.29, 1.82) is 0 Å². The predicted molar refractivity (Wildman–Crippen MR) is 172 cm³/mol. The summed E-state index contributed by atoms with van der Waals surface area (Å²) in [6.45, 7) is 2.88. The van der Waals surface area contributed by atoms with E-state index in [0.717, 1.165) is 51.4 Å². The predicted octanol–water partition coefficient (Wildman–Crippen LogP) is 11.9. The summed E-state index contributed by atoms with van der Waals surface area (Å²) >= 11 is 0. The van der Waals surface area contributed by atoms with Crippen molar-refractivity contribution in [2.75, 3.05) is 6.61 Å². The molecule has 0 spiro atoms. The van der Waals surface area contributed by atoms with Crippen molar-refractivity contribution in [3.8, 4) is 0 Å². The van der Waals surface area contributed by atoms with Gasteiger partial charge in [-0.05, 0) is 44.9 Å². The first kappa shape index (κ1) is 38.7. The van der Waals surface area contributed by atoms with Crippen LogP contribution in [0.5, 0.6) is 0 Å². The normalized spacial score (nSPS) is 11.4. The minimum Gasteiger partial charge on any atom is -0.481 e. The van der Waals surface area contributed by atoms with E-state index in [2.05, 4.69) is 19.1 Å². The van der Waals surface area contributed by atoms with Crippen molar-refractivity contribution in [3.63, 3.8) is 0 Å². The molecule has 40 heavy (non-hydrogen) atoms. The van der Waals surface area contributed by atoms with Gasteiger partial charge in [-0.25, -0.2) is 0 Å². The minimum atomic E-state index is -0.677. The highest BCUT2D eigenvalue weighted by molar-refractivity contribution is 5.69. The van der Waals surface area contributed by atoms with Crippen LogP contribution in [0.3, 0.4) is 0 Å². The quantitative estimate of drug-likeness (QED) is 0.0489. The summed E-state index contributed by atoms with van der Waals surface area (Å²) in [5.74, 6) is -0.677. The number of hydrogen-bond donors (Lipinski definition) is 1. The molecule has 0 atom stereocenters. The zero-order chi connectivity index (χ0) is 29.2. The second-order valence-electron chi connectivity index (χ2n) is 12.0.